The van der Waals surface area contributed by atoms with Crippen molar-refractivity contribution in [3.05, 3.63) is 24.4 Å². The second-order valence-electron chi connectivity index (χ2n) is 4.65. The van der Waals surface area contributed by atoms with Crippen LogP contribution in [0.1, 0.15) is 25.7 Å². The summed E-state index contributed by atoms with van der Waals surface area (Å²) in [5, 5.41) is 3.33. The normalized spacial score (nSPS) is 22.5. The molecule has 2 rings (SSSR count). The third-order valence-corrected chi connectivity index (χ3v) is 3.28. The Morgan fingerprint density at radius 1 is 1.26 bits per heavy atom. The summed E-state index contributed by atoms with van der Waals surface area (Å²) in [5.74, 6) is 0.101. The average Bonchev–Trinajstić information content (AvgIpc) is 2.40. The van der Waals surface area contributed by atoms with Crippen LogP contribution in [0.4, 0.5) is 10.6 Å². The molecular formula is C13H17N3O3. The number of aromatic nitrogens is 1. The van der Waals surface area contributed by atoms with Gasteiger partial charge in [0.15, 0.2) is 0 Å². The van der Waals surface area contributed by atoms with E-state index in [1.54, 1.807) is 6.20 Å². The number of hydrogen-bond acceptors (Lipinski definition) is 5. The molecule has 1 aromatic heterocycles. The van der Waals surface area contributed by atoms with Crippen molar-refractivity contribution in [3.8, 4) is 0 Å². The van der Waals surface area contributed by atoms with Gasteiger partial charge in [0.1, 0.15) is 5.82 Å². The van der Waals surface area contributed by atoms with Crippen LogP contribution in [-0.4, -0.2) is 23.1 Å². The van der Waals surface area contributed by atoms with Crippen LogP contribution in [0.5, 0.6) is 0 Å². The van der Waals surface area contributed by atoms with E-state index in [0.717, 1.165) is 18.7 Å². The van der Waals surface area contributed by atoms with Gasteiger partial charge in [-0.25, -0.2) is 9.78 Å². The molecule has 6 heteroatoms. The molecule has 3 N–H and O–H groups in total. The second kappa shape index (κ2) is 6.17. The van der Waals surface area contributed by atoms with Crippen LogP contribution >= 0.6 is 0 Å². The molecule has 0 spiro atoms. The van der Waals surface area contributed by atoms with Crippen molar-refractivity contribution < 1.29 is 14.3 Å². The average molecular weight is 263 g/mol. The largest absolute Gasteiger partial charge is 0.412 e. The molecule has 0 bridgehead atoms. The number of amides is 1. The Morgan fingerprint density at radius 3 is 2.58 bits per heavy atom. The Hall–Kier alpha value is -2.11. The van der Waals surface area contributed by atoms with E-state index in [2.05, 4.69) is 15.0 Å². The highest BCUT2D eigenvalue weighted by Crippen LogP contribution is 2.27. The van der Waals surface area contributed by atoms with E-state index in [4.69, 9.17) is 5.73 Å². The van der Waals surface area contributed by atoms with Gasteiger partial charge in [-0.05, 0) is 37.8 Å². The highest BCUT2D eigenvalue weighted by Gasteiger charge is 2.28. The molecule has 1 saturated carbocycles. The van der Waals surface area contributed by atoms with E-state index in [-0.39, 0.29) is 5.92 Å². The van der Waals surface area contributed by atoms with Crippen LogP contribution in [0.25, 0.3) is 0 Å². The smallest absolute Gasteiger partial charge is 0.376 e. The number of hydrogen-bond donors (Lipinski definition) is 2. The molecule has 102 valence electrons. The van der Waals surface area contributed by atoms with Crippen molar-refractivity contribution in [1.82, 2.24) is 4.98 Å². The number of esters is 1. The highest BCUT2D eigenvalue weighted by molar-refractivity contribution is 5.85. The minimum Gasteiger partial charge on any atom is -0.376 e. The van der Waals surface area contributed by atoms with Crippen molar-refractivity contribution in [2.24, 2.45) is 11.7 Å². The first-order valence-electron chi connectivity index (χ1n) is 6.34. The monoisotopic (exact) mass is 263 g/mol. The Kier molecular flexibility index (Phi) is 4.33. The summed E-state index contributed by atoms with van der Waals surface area (Å²) >= 11 is 0. The SMILES string of the molecule is NC(=O)OC(=O)C1CCC(Nc2ccccn2)CC1. The second-order valence-corrected chi connectivity index (χ2v) is 4.65. The molecule has 6 nitrogen and oxygen atoms in total. The van der Waals surface area contributed by atoms with Gasteiger partial charge in [0, 0.05) is 12.2 Å². The topological polar surface area (TPSA) is 94.3 Å². The van der Waals surface area contributed by atoms with Crippen molar-refractivity contribution >= 4 is 17.9 Å². The maximum atomic E-state index is 11.5. The molecule has 0 unspecified atom stereocenters. The highest BCUT2D eigenvalue weighted by atomic mass is 16.6. The summed E-state index contributed by atoms with van der Waals surface area (Å²) in [6, 6.07) is 5.99. The number of anilines is 1. The predicted octanol–water partition coefficient (Wildman–Crippen LogP) is 1.67. The van der Waals surface area contributed by atoms with Crippen molar-refractivity contribution in [2.75, 3.05) is 5.32 Å². The van der Waals surface area contributed by atoms with E-state index >= 15 is 0 Å². The fourth-order valence-electron chi connectivity index (χ4n) is 2.31. The lowest BCUT2D eigenvalue weighted by molar-refractivity contribution is -0.142. The number of carbonyl (C=O) groups is 2. The number of rotatable bonds is 3. The number of pyridine rings is 1. The molecule has 0 aromatic carbocycles. The van der Waals surface area contributed by atoms with Gasteiger partial charge in [0.25, 0.3) is 0 Å². The summed E-state index contributed by atoms with van der Waals surface area (Å²) in [4.78, 5) is 26.2. The van der Waals surface area contributed by atoms with Crippen LogP contribution in [-0.2, 0) is 9.53 Å². The molecule has 0 radical (unpaired) electrons. The first kappa shape index (κ1) is 13.3. The quantitative estimate of drug-likeness (QED) is 0.639. The predicted molar refractivity (Wildman–Crippen MR) is 69.3 cm³/mol. The van der Waals surface area contributed by atoms with Crippen LogP contribution in [0.2, 0.25) is 0 Å². The molecular weight excluding hydrogens is 246 g/mol. The molecule has 1 aliphatic carbocycles. The van der Waals surface area contributed by atoms with E-state index in [9.17, 15) is 9.59 Å². The third kappa shape index (κ3) is 3.94. The zero-order valence-electron chi connectivity index (χ0n) is 10.5. The van der Waals surface area contributed by atoms with E-state index in [1.165, 1.54) is 0 Å². The number of nitrogens with zero attached hydrogens (tertiary/aromatic N) is 1. The molecule has 1 heterocycles. The summed E-state index contributed by atoms with van der Waals surface area (Å²) in [7, 11) is 0. The van der Waals surface area contributed by atoms with Gasteiger partial charge in [-0.1, -0.05) is 6.07 Å². The zero-order chi connectivity index (χ0) is 13.7. The Bertz CT molecular complexity index is 442. The number of ether oxygens (including phenoxy) is 1. The fourth-order valence-corrected chi connectivity index (χ4v) is 2.31. The van der Waals surface area contributed by atoms with Gasteiger partial charge >= 0.3 is 12.1 Å². The van der Waals surface area contributed by atoms with Crippen molar-refractivity contribution in [2.45, 2.75) is 31.7 Å². The van der Waals surface area contributed by atoms with Crippen LogP contribution in [0, 0.1) is 5.92 Å². The summed E-state index contributed by atoms with van der Waals surface area (Å²) in [5.41, 5.74) is 4.83. The number of primary amides is 1. The molecule has 19 heavy (non-hydrogen) atoms. The number of carbonyl (C=O) groups excluding carboxylic acids is 2. The Morgan fingerprint density at radius 2 is 2.00 bits per heavy atom. The summed E-state index contributed by atoms with van der Waals surface area (Å²) in [6.45, 7) is 0. The van der Waals surface area contributed by atoms with Crippen LogP contribution in [0.3, 0.4) is 0 Å². The molecule has 1 aliphatic rings. The van der Waals surface area contributed by atoms with Gasteiger partial charge in [0.05, 0.1) is 5.92 Å². The fraction of sp³-hybridized carbons (Fsp3) is 0.462. The minimum absolute atomic E-state index is 0.228. The first-order valence-corrected chi connectivity index (χ1v) is 6.34. The van der Waals surface area contributed by atoms with Gasteiger partial charge in [-0.3, -0.25) is 4.79 Å². The van der Waals surface area contributed by atoms with Crippen molar-refractivity contribution in [3.63, 3.8) is 0 Å². The molecule has 0 aliphatic heterocycles. The van der Waals surface area contributed by atoms with E-state index in [1.807, 2.05) is 18.2 Å². The standard InChI is InChI=1S/C13H17N3O3/c14-13(18)19-12(17)9-4-6-10(7-5-9)16-11-3-1-2-8-15-11/h1-3,8-10H,4-7H2,(H2,14,18)(H,15,16). The van der Waals surface area contributed by atoms with E-state index in [0.29, 0.717) is 18.9 Å². The van der Waals surface area contributed by atoms with Crippen molar-refractivity contribution in [1.29, 1.82) is 0 Å². The molecule has 0 saturated heterocycles. The summed E-state index contributed by atoms with van der Waals surface area (Å²) in [6.07, 6.45) is 3.77. The molecule has 1 aromatic rings. The maximum absolute atomic E-state index is 11.5. The van der Waals surface area contributed by atoms with Crippen LogP contribution in [0.15, 0.2) is 24.4 Å². The Labute approximate surface area is 111 Å². The Balaban J connectivity index is 1.79. The number of nitrogens with two attached hydrogens (primary N) is 1. The zero-order valence-corrected chi connectivity index (χ0v) is 10.5. The van der Waals surface area contributed by atoms with Gasteiger partial charge in [-0.15, -0.1) is 0 Å². The first-order chi connectivity index (χ1) is 9.15. The van der Waals surface area contributed by atoms with Gasteiger partial charge in [-0.2, -0.15) is 0 Å². The molecule has 1 fully saturated rings. The number of nitrogens with one attached hydrogen (secondary N) is 1. The summed E-state index contributed by atoms with van der Waals surface area (Å²) < 4.78 is 4.41. The lowest BCUT2D eigenvalue weighted by Gasteiger charge is -2.27. The van der Waals surface area contributed by atoms with E-state index < -0.39 is 12.1 Å². The third-order valence-electron chi connectivity index (χ3n) is 3.28. The maximum Gasteiger partial charge on any atom is 0.412 e. The van der Waals surface area contributed by atoms with Crippen LogP contribution < -0.4 is 11.1 Å². The molecule has 1 amide bonds. The van der Waals surface area contributed by atoms with Gasteiger partial charge in [0.2, 0.25) is 0 Å². The molecule has 0 atom stereocenters. The lowest BCUT2D eigenvalue weighted by atomic mass is 9.86. The minimum atomic E-state index is -1.03. The lowest BCUT2D eigenvalue weighted by Crippen LogP contribution is -2.32. The van der Waals surface area contributed by atoms with Gasteiger partial charge < -0.3 is 15.8 Å².